The van der Waals surface area contributed by atoms with E-state index in [9.17, 15) is 14.7 Å². The van der Waals surface area contributed by atoms with Gasteiger partial charge < -0.3 is 15.6 Å². The topological polar surface area (TPSA) is 89.6 Å². The van der Waals surface area contributed by atoms with Crippen LogP contribution in [0, 0.1) is 12.8 Å². The Bertz CT molecular complexity index is 519. The molecule has 1 aromatic carbocycles. The van der Waals surface area contributed by atoms with E-state index in [4.69, 9.17) is 10.5 Å². The highest BCUT2D eigenvalue weighted by molar-refractivity contribution is 5.95. The number of carbonyl (C=O) groups is 2. The number of aryl methyl sites for hydroxylation is 1. The third-order valence-corrected chi connectivity index (χ3v) is 2.91. The van der Waals surface area contributed by atoms with Crippen LogP contribution in [-0.4, -0.2) is 28.7 Å². The van der Waals surface area contributed by atoms with Gasteiger partial charge in [0.15, 0.2) is 5.92 Å². The highest BCUT2D eigenvalue weighted by Crippen LogP contribution is 2.17. The smallest absolute Gasteiger partial charge is 0.322 e. The fourth-order valence-corrected chi connectivity index (χ4v) is 2.05. The van der Waals surface area contributed by atoms with Crippen LogP contribution >= 0.6 is 0 Å². The number of carbonyl (C=O) groups excluding carboxylic acids is 1. The molecule has 0 fully saturated rings. The standard InChI is InChI=1S/C16H23NO4/c1-10-6-5-7-11(8-10)9-12(17)13(14(18)19)15(20)21-16(2,3)4/h5-8,12-13H,9,17H2,1-4H3,(H,18,19)/t12-,13-/m1/s1. The summed E-state index contributed by atoms with van der Waals surface area (Å²) in [5.74, 6) is -3.43. The third-order valence-electron chi connectivity index (χ3n) is 2.91. The van der Waals surface area contributed by atoms with Crippen LogP contribution in [0.2, 0.25) is 0 Å². The van der Waals surface area contributed by atoms with Crippen molar-refractivity contribution in [2.75, 3.05) is 0 Å². The predicted molar refractivity (Wildman–Crippen MR) is 79.8 cm³/mol. The third kappa shape index (κ3) is 5.55. The van der Waals surface area contributed by atoms with Gasteiger partial charge in [0.1, 0.15) is 5.60 Å². The molecule has 1 aromatic rings. The first kappa shape index (κ1) is 17.2. The molecule has 0 bridgehead atoms. The molecule has 0 heterocycles. The molecule has 0 radical (unpaired) electrons. The molecule has 0 amide bonds. The summed E-state index contributed by atoms with van der Waals surface area (Å²) in [5.41, 5.74) is 7.16. The fraction of sp³-hybridized carbons (Fsp3) is 0.500. The van der Waals surface area contributed by atoms with Gasteiger partial charge in [-0.25, -0.2) is 0 Å². The van der Waals surface area contributed by atoms with E-state index in [1.54, 1.807) is 20.8 Å². The molecule has 3 N–H and O–H groups in total. The molecule has 1 rings (SSSR count). The van der Waals surface area contributed by atoms with Crippen molar-refractivity contribution in [1.82, 2.24) is 0 Å². The second-order valence-corrected chi connectivity index (χ2v) is 6.21. The van der Waals surface area contributed by atoms with Gasteiger partial charge in [0, 0.05) is 6.04 Å². The quantitative estimate of drug-likeness (QED) is 0.639. The summed E-state index contributed by atoms with van der Waals surface area (Å²) >= 11 is 0. The van der Waals surface area contributed by atoms with Crippen LogP contribution < -0.4 is 5.73 Å². The number of rotatable bonds is 5. The van der Waals surface area contributed by atoms with Gasteiger partial charge in [-0.15, -0.1) is 0 Å². The first-order valence-electron chi connectivity index (χ1n) is 6.87. The van der Waals surface area contributed by atoms with E-state index < -0.39 is 29.5 Å². The van der Waals surface area contributed by atoms with E-state index in [0.717, 1.165) is 11.1 Å². The van der Waals surface area contributed by atoms with Gasteiger partial charge in [-0.3, -0.25) is 9.59 Å². The average molecular weight is 293 g/mol. The Morgan fingerprint density at radius 1 is 1.33 bits per heavy atom. The molecule has 0 aromatic heterocycles. The maximum atomic E-state index is 12.0. The van der Waals surface area contributed by atoms with Crippen molar-refractivity contribution in [1.29, 1.82) is 0 Å². The van der Waals surface area contributed by atoms with Gasteiger partial charge in [0.25, 0.3) is 0 Å². The molecule has 116 valence electrons. The zero-order chi connectivity index (χ0) is 16.2. The first-order valence-corrected chi connectivity index (χ1v) is 6.87. The Hall–Kier alpha value is -1.88. The second kappa shape index (κ2) is 6.72. The minimum atomic E-state index is -1.37. The molecular weight excluding hydrogens is 270 g/mol. The lowest BCUT2D eigenvalue weighted by Gasteiger charge is -2.25. The van der Waals surface area contributed by atoms with Gasteiger partial charge in [-0.2, -0.15) is 0 Å². The van der Waals surface area contributed by atoms with Crippen LogP contribution in [0.5, 0.6) is 0 Å². The molecule has 0 saturated carbocycles. The number of benzene rings is 1. The fourth-order valence-electron chi connectivity index (χ4n) is 2.05. The Kier molecular flexibility index (Phi) is 5.49. The van der Waals surface area contributed by atoms with Crippen molar-refractivity contribution in [2.45, 2.75) is 45.8 Å². The van der Waals surface area contributed by atoms with E-state index in [1.807, 2.05) is 31.2 Å². The number of carboxylic acid groups (broad SMARTS) is 1. The number of hydrogen-bond donors (Lipinski definition) is 2. The maximum Gasteiger partial charge on any atom is 0.322 e. The van der Waals surface area contributed by atoms with E-state index in [1.165, 1.54) is 0 Å². The molecule has 0 unspecified atom stereocenters. The normalized spacial score (nSPS) is 14.3. The van der Waals surface area contributed by atoms with E-state index in [0.29, 0.717) is 6.42 Å². The lowest BCUT2D eigenvalue weighted by molar-refractivity contribution is -0.167. The van der Waals surface area contributed by atoms with Crippen LogP contribution in [0.15, 0.2) is 24.3 Å². The van der Waals surface area contributed by atoms with Crippen LogP contribution in [-0.2, 0) is 20.7 Å². The highest BCUT2D eigenvalue weighted by Gasteiger charge is 2.36. The zero-order valence-electron chi connectivity index (χ0n) is 12.9. The molecule has 0 aliphatic rings. The van der Waals surface area contributed by atoms with E-state index in [-0.39, 0.29) is 0 Å². The Labute approximate surface area is 125 Å². The summed E-state index contributed by atoms with van der Waals surface area (Å²) in [5, 5.41) is 9.26. The summed E-state index contributed by atoms with van der Waals surface area (Å²) in [4.78, 5) is 23.4. The molecule has 0 aliphatic carbocycles. The Morgan fingerprint density at radius 2 is 1.95 bits per heavy atom. The number of esters is 1. The maximum absolute atomic E-state index is 12.0. The second-order valence-electron chi connectivity index (χ2n) is 6.21. The largest absolute Gasteiger partial charge is 0.481 e. The van der Waals surface area contributed by atoms with E-state index >= 15 is 0 Å². The lowest BCUT2D eigenvalue weighted by atomic mass is 9.93. The Balaban J connectivity index is 2.85. The van der Waals surface area contributed by atoms with Crippen molar-refractivity contribution in [3.05, 3.63) is 35.4 Å². The summed E-state index contributed by atoms with van der Waals surface area (Å²) in [6, 6.07) is 6.77. The molecule has 0 saturated heterocycles. The summed E-state index contributed by atoms with van der Waals surface area (Å²) in [7, 11) is 0. The number of carboxylic acids is 1. The lowest BCUT2D eigenvalue weighted by Crippen LogP contribution is -2.45. The van der Waals surface area contributed by atoms with Gasteiger partial charge in [0.05, 0.1) is 0 Å². The number of aliphatic carboxylic acids is 1. The van der Waals surface area contributed by atoms with Crippen molar-refractivity contribution < 1.29 is 19.4 Å². The van der Waals surface area contributed by atoms with Crippen molar-refractivity contribution >= 4 is 11.9 Å². The zero-order valence-corrected chi connectivity index (χ0v) is 12.9. The van der Waals surface area contributed by atoms with Crippen molar-refractivity contribution in [3.8, 4) is 0 Å². The van der Waals surface area contributed by atoms with Crippen LogP contribution in [0.1, 0.15) is 31.9 Å². The van der Waals surface area contributed by atoms with Crippen LogP contribution in [0.25, 0.3) is 0 Å². The van der Waals surface area contributed by atoms with E-state index in [2.05, 4.69) is 0 Å². The predicted octanol–water partition coefficient (Wildman–Crippen LogP) is 1.91. The molecule has 0 aliphatic heterocycles. The van der Waals surface area contributed by atoms with Gasteiger partial charge in [-0.05, 0) is 39.7 Å². The molecule has 2 atom stereocenters. The molecular formula is C16H23NO4. The Morgan fingerprint density at radius 3 is 2.43 bits per heavy atom. The van der Waals surface area contributed by atoms with Crippen molar-refractivity contribution in [3.63, 3.8) is 0 Å². The monoisotopic (exact) mass is 293 g/mol. The minimum Gasteiger partial charge on any atom is -0.481 e. The summed E-state index contributed by atoms with van der Waals surface area (Å²) in [6.45, 7) is 7.01. The molecule has 21 heavy (non-hydrogen) atoms. The van der Waals surface area contributed by atoms with Crippen LogP contribution in [0.4, 0.5) is 0 Å². The van der Waals surface area contributed by atoms with Crippen molar-refractivity contribution in [2.24, 2.45) is 11.7 Å². The SMILES string of the molecule is Cc1cccc(C[C@@H](N)[C@H](C(=O)O)C(=O)OC(C)(C)C)c1. The number of ether oxygens (including phenoxy) is 1. The number of hydrogen-bond acceptors (Lipinski definition) is 4. The molecule has 5 heteroatoms. The van der Waals surface area contributed by atoms with Gasteiger partial charge >= 0.3 is 11.9 Å². The van der Waals surface area contributed by atoms with Gasteiger partial charge in [-0.1, -0.05) is 29.8 Å². The molecule has 0 spiro atoms. The minimum absolute atomic E-state index is 0.303. The average Bonchev–Trinajstić information content (AvgIpc) is 2.25. The number of nitrogens with two attached hydrogens (primary N) is 1. The summed E-state index contributed by atoms with van der Waals surface area (Å²) < 4.78 is 5.14. The first-order chi connectivity index (χ1) is 9.60. The van der Waals surface area contributed by atoms with Gasteiger partial charge in [0.2, 0.25) is 0 Å². The summed E-state index contributed by atoms with van der Waals surface area (Å²) in [6.07, 6.45) is 0.303. The molecule has 5 nitrogen and oxygen atoms in total. The van der Waals surface area contributed by atoms with Crippen LogP contribution in [0.3, 0.4) is 0 Å². The highest BCUT2D eigenvalue weighted by atomic mass is 16.6.